The number of anilines is 1. The molecule has 8 heteroatoms. The lowest BCUT2D eigenvalue weighted by Crippen LogP contribution is -2.27. The fourth-order valence-corrected chi connectivity index (χ4v) is 2.27. The summed E-state index contributed by atoms with van der Waals surface area (Å²) in [5, 5.41) is 3.37. The molecular weight excluding hydrogens is 326 g/mol. The second kappa shape index (κ2) is 6.50. The molecule has 2 aromatic rings. The van der Waals surface area contributed by atoms with Gasteiger partial charge in [-0.05, 0) is 45.9 Å². The van der Waals surface area contributed by atoms with Gasteiger partial charge in [0.05, 0.1) is 5.02 Å². The largest absolute Gasteiger partial charge is 0.444 e. The molecule has 0 radical (unpaired) electrons. The van der Waals surface area contributed by atoms with Crippen molar-refractivity contribution in [1.82, 2.24) is 9.36 Å². The number of carbonyl (C=O) groups is 1. The van der Waals surface area contributed by atoms with Gasteiger partial charge in [-0.15, -0.1) is 0 Å². The molecule has 2 rings (SSSR count). The number of nitrogens with one attached hydrogen (secondary N) is 1. The fraction of sp³-hybridized carbons (Fsp3) is 0.357. The Hall–Kier alpha value is -1.86. The van der Waals surface area contributed by atoms with Crippen LogP contribution < -0.4 is 10.1 Å². The van der Waals surface area contributed by atoms with E-state index in [2.05, 4.69) is 14.7 Å². The topological polar surface area (TPSA) is 73.3 Å². The summed E-state index contributed by atoms with van der Waals surface area (Å²) in [6.07, 6.45) is -0.544. The molecule has 6 nitrogen and oxygen atoms in total. The zero-order chi connectivity index (χ0) is 16.3. The molecule has 22 heavy (non-hydrogen) atoms. The number of amides is 1. The summed E-state index contributed by atoms with van der Waals surface area (Å²) >= 11 is 7.28. The van der Waals surface area contributed by atoms with Crippen molar-refractivity contribution < 1.29 is 14.3 Å². The van der Waals surface area contributed by atoms with Gasteiger partial charge in [0, 0.05) is 17.2 Å². The zero-order valence-corrected chi connectivity index (χ0v) is 14.2. The van der Waals surface area contributed by atoms with Gasteiger partial charge in [-0.25, -0.2) is 4.79 Å². The number of halogens is 1. The first-order chi connectivity index (χ1) is 10.2. The van der Waals surface area contributed by atoms with Crippen molar-refractivity contribution in [3.63, 3.8) is 0 Å². The molecule has 0 saturated heterocycles. The van der Waals surface area contributed by atoms with E-state index in [0.717, 1.165) is 11.5 Å². The maximum atomic E-state index is 11.7. The summed E-state index contributed by atoms with van der Waals surface area (Å²) in [6, 6.07) is 4.89. The molecule has 0 spiro atoms. The van der Waals surface area contributed by atoms with E-state index >= 15 is 0 Å². The molecule has 0 aliphatic heterocycles. The van der Waals surface area contributed by atoms with Crippen LogP contribution in [0.15, 0.2) is 18.2 Å². The molecule has 1 heterocycles. The minimum Gasteiger partial charge on any atom is -0.444 e. The third kappa shape index (κ3) is 4.85. The Bertz CT molecular complexity index is 682. The second-order valence-electron chi connectivity index (χ2n) is 5.48. The van der Waals surface area contributed by atoms with E-state index in [-0.39, 0.29) is 0 Å². The highest BCUT2D eigenvalue weighted by Gasteiger charge is 2.16. The van der Waals surface area contributed by atoms with E-state index in [1.165, 1.54) is 0 Å². The van der Waals surface area contributed by atoms with Gasteiger partial charge in [0.25, 0.3) is 5.19 Å². The van der Waals surface area contributed by atoms with Crippen molar-refractivity contribution in [3.8, 4) is 10.9 Å². The highest BCUT2D eigenvalue weighted by atomic mass is 35.5. The predicted octanol–water partition coefficient (Wildman–Crippen LogP) is 4.64. The molecule has 1 N–H and O–H groups in total. The Balaban J connectivity index is 2.04. The van der Waals surface area contributed by atoms with E-state index in [4.69, 9.17) is 21.1 Å². The Labute approximate surface area is 137 Å². The molecule has 0 aliphatic rings. The molecule has 0 saturated carbocycles. The Morgan fingerprint density at radius 3 is 2.64 bits per heavy atom. The summed E-state index contributed by atoms with van der Waals surface area (Å²) in [5.41, 5.74) is -0.0489. The van der Waals surface area contributed by atoms with E-state index < -0.39 is 11.7 Å². The SMILES string of the molecule is Cc1nsc(Oc2ccc(NC(=O)OC(C)(C)C)cc2Cl)n1. The van der Waals surface area contributed by atoms with Crippen molar-refractivity contribution in [2.75, 3.05) is 5.32 Å². The average molecular weight is 342 g/mol. The summed E-state index contributed by atoms with van der Waals surface area (Å²) in [5.74, 6) is 1.08. The molecular formula is C14H16ClN3O3S. The first kappa shape index (κ1) is 16.5. The van der Waals surface area contributed by atoms with Crippen LogP contribution in [-0.2, 0) is 4.74 Å². The first-order valence-electron chi connectivity index (χ1n) is 6.51. The third-order valence-electron chi connectivity index (χ3n) is 2.28. The van der Waals surface area contributed by atoms with Gasteiger partial charge in [-0.3, -0.25) is 5.32 Å². The van der Waals surface area contributed by atoms with Crippen LogP contribution in [0.5, 0.6) is 10.9 Å². The molecule has 0 aliphatic carbocycles. The second-order valence-corrected chi connectivity index (χ2v) is 6.60. The first-order valence-corrected chi connectivity index (χ1v) is 7.66. The predicted molar refractivity (Wildman–Crippen MR) is 86.0 cm³/mol. The normalized spacial score (nSPS) is 11.1. The van der Waals surface area contributed by atoms with Crippen LogP contribution in [0.3, 0.4) is 0 Å². The van der Waals surface area contributed by atoms with Crippen LogP contribution >= 0.6 is 23.1 Å². The Morgan fingerprint density at radius 2 is 2.09 bits per heavy atom. The molecule has 0 atom stereocenters. The lowest BCUT2D eigenvalue weighted by Gasteiger charge is -2.19. The summed E-state index contributed by atoms with van der Waals surface area (Å²) < 4.78 is 14.7. The van der Waals surface area contributed by atoms with Crippen molar-refractivity contribution >= 4 is 34.9 Å². The molecule has 1 aromatic carbocycles. The van der Waals surface area contributed by atoms with Crippen molar-refractivity contribution in [2.45, 2.75) is 33.3 Å². The molecule has 0 bridgehead atoms. The lowest BCUT2D eigenvalue weighted by atomic mass is 10.2. The quantitative estimate of drug-likeness (QED) is 0.880. The fourth-order valence-electron chi connectivity index (χ4n) is 1.50. The molecule has 0 unspecified atom stereocenters. The van der Waals surface area contributed by atoms with Crippen LogP contribution in [0.4, 0.5) is 10.5 Å². The van der Waals surface area contributed by atoms with Crippen LogP contribution in [0.2, 0.25) is 5.02 Å². The third-order valence-corrected chi connectivity index (χ3v) is 3.27. The number of aryl methyl sites for hydroxylation is 1. The summed E-state index contributed by atoms with van der Waals surface area (Å²) in [7, 11) is 0. The van der Waals surface area contributed by atoms with Gasteiger partial charge >= 0.3 is 6.09 Å². The Kier molecular flexibility index (Phi) is 4.87. The zero-order valence-electron chi connectivity index (χ0n) is 12.6. The number of aromatic nitrogens is 2. The highest BCUT2D eigenvalue weighted by molar-refractivity contribution is 7.07. The van der Waals surface area contributed by atoms with Crippen molar-refractivity contribution in [3.05, 3.63) is 29.0 Å². The highest BCUT2D eigenvalue weighted by Crippen LogP contribution is 2.32. The van der Waals surface area contributed by atoms with Crippen LogP contribution in [0, 0.1) is 6.92 Å². The molecule has 1 aromatic heterocycles. The number of carbonyl (C=O) groups excluding carboxylic acids is 1. The number of hydrogen-bond donors (Lipinski definition) is 1. The van der Waals surface area contributed by atoms with Crippen molar-refractivity contribution in [1.29, 1.82) is 0 Å². The number of ether oxygens (including phenoxy) is 2. The maximum Gasteiger partial charge on any atom is 0.412 e. The number of nitrogens with zero attached hydrogens (tertiary/aromatic N) is 2. The minimum atomic E-state index is -0.563. The smallest absolute Gasteiger partial charge is 0.412 e. The van der Waals surface area contributed by atoms with Gasteiger partial charge < -0.3 is 9.47 Å². The van der Waals surface area contributed by atoms with Gasteiger partial charge in [0.1, 0.15) is 17.2 Å². The van der Waals surface area contributed by atoms with Crippen LogP contribution in [0.1, 0.15) is 26.6 Å². The van der Waals surface area contributed by atoms with Crippen molar-refractivity contribution in [2.24, 2.45) is 0 Å². The number of benzene rings is 1. The van der Waals surface area contributed by atoms with E-state index in [9.17, 15) is 4.79 Å². The molecule has 118 valence electrons. The molecule has 1 amide bonds. The molecule has 0 fully saturated rings. The number of hydrogen-bond acceptors (Lipinski definition) is 6. The van der Waals surface area contributed by atoms with Gasteiger partial charge in [0.2, 0.25) is 0 Å². The Morgan fingerprint density at radius 1 is 1.36 bits per heavy atom. The van der Waals surface area contributed by atoms with E-state index in [0.29, 0.717) is 27.5 Å². The monoisotopic (exact) mass is 341 g/mol. The van der Waals surface area contributed by atoms with Gasteiger partial charge in [-0.2, -0.15) is 9.36 Å². The average Bonchev–Trinajstić information content (AvgIpc) is 2.76. The number of rotatable bonds is 3. The standard InChI is InChI=1S/C14H16ClN3O3S/c1-8-16-13(22-18-8)20-11-6-5-9(7-10(11)15)17-12(19)21-14(2,3)4/h5-7H,1-4H3,(H,17,19). The van der Waals surface area contributed by atoms with Gasteiger partial charge in [0.15, 0.2) is 0 Å². The van der Waals surface area contributed by atoms with E-state index in [1.807, 2.05) is 0 Å². The summed E-state index contributed by atoms with van der Waals surface area (Å²) in [4.78, 5) is 15.8. The van der Waals surface area contributed by atoms with Crippen LogP contribution in [-0.4, -0.2) is 21.1 Å². The lowest BCUT2D eigenvalue weighted by molar-refractivity contribution is 0.0636. The summed E-state index contributed by atoms with van der Waals surface area (Å²) in [6.45, 7) is 7.15. The van der Waals surface area contributed by atoms with E-state index in [1.54, 1.807) is 45.9 Å². The van der Waals surface area contributed by atoms with Crippen LogP contribution in [0.25, 0.3) is 0 Å². The van der Waals surface area contributed by atoms with Gasteiger partial charge in [-0.1, -0.05) is 11.6 Å². The maximum absolute atomic E-state index is 11.7. The minimum absolute atomic E-state index is 0.349.